The normalized spacial score (nSPS) is 21.8. The van der Waals surface area contributed by atoms with E-state index in [-0.39, 0.29) is 0 Å². The highest BCUT2D eigenvalue weighted by Gasteiger charge is 2.35. The monoisotopic (exact) mass is 239 g/mol. The molecule has 18 heavy (non-hydrogen) atoms. The van der Waals surface area contributed by atoms with Gasteiger partial charge < -0.3 is 9.84 Å². The van der Waals surface area contributed by atoms with Gasteiger partial charge in [0.25, 0.3) is 0 Å². The van der Waals surface area contributed by atoms with Crippen LogP contribution in [0.25, 0.3) is 0 Å². The Kier molecular flexibility index (Phi) is 2.42. The van der Waals surface area contributed by atoms with E-state index in [4.69, 9.17) is 4.74 Å². The molecule has 0 fully saturated rings. The fourth-order valence-electron chi connectivity index (χ4n) is 2.05. The SMILES string of the molecule is CC1(O)Oc2ccccc2N=C1c1ccccc1. The summed E-state index contributed by atoms with van der Waals surface area (Å²) in [5.74, 6) is -0.808. The van der Waals surface area contributed by atoms with Crippen LogP contribution in [-0.2, 0) is 0 Å². The first-order valence-corrected chi connectivity index (χ1v) is 5.82. The van der Waals surface area contributed by atoms with Crippen LogP contribution in [0, 0.1) is 0 Å². The molecule has 2 aromatic rings. The molecule has 2 aromatic carbocycles. The van der Waals surface area contributed by atoms with E-state index in [1.165, 1.54) is 0 Å². The third-order valence-corrected chi connectivity index (χ3v) is 2.89. The van der Waals surface area contributed by atoms with E-state index in [0.717, 1.165) is 11.3 Å². The lowest BCUT2D eigenvalue weighted by Crippen LogP contribution is -2.43. The van der Waals surface area contributed by atoms with Crippen LogP contribution >= 0.6 is 0 Å². The minimum atomic E-state index is -1.41. The number of hydrogen-bond acceptors (Lipinski definition) is 3. The van der Waals surface area contributed by atoms with Crippen molar-refractivity contribution in [2.75, 3.05) is 0 Å². The second kappa shape index (κ2) is 3.96. The van der Waals surface area contributed by atoms with Crippen LogP contribution in [0.1, 0.15) is 12.5 Å². The van der Waals surface area contributed by atoms with Crippen LogP contribution in [0.3, 0.4) is 0 Å². The van der Waals surface area contributed by atoms with E-state index in [1.54, 1.807) is 13.0 Å². The molecule has 0 aliphatic carbocycles. The molecule has 0 saturated heterocycles. The van der Waals surface area contributed by atoms with Crippen molar-refractivity contribution in [2.45, 2.75) is 12.7 Å². The van der Waals surface area contributed by atoms with Gasteiger partial charge in [0.15, 0.2) is 0 Å². The molecule has 3 rings (SSSR count). The summed E-state index contributed by atoms with van der Waals surface area (Å²) >= 11 is 0. The van der Waals surface area contributed by atoms with E-state index in [1.807, 2.05) is 48.5 Å². The molecular formula is C15H13NO2. The van der Waals surface area contributed by atoms with Crippen molar-refractivity contribution in [3.05, 3.63) is 60.2 Å². The number of aliphatic hydroxyl groups is 1. The van der Waals surface area contributed by atoms with Gasteiger partial charge in [-0.15, -0.1) is 0 Å². The lowest BCUT2D eigenvalue weighted by atomic mass is 10.0. The van der Waals surface area contributed by atoms with Crippen LogP contribution in [0.2, 0.25) is 0 Å². The maximum absolute atomic E-state index is 10.4. The summed E-state index contributed by atoms with van der Waals surface area (Å²) in [5.41, 5.74) is 2.13. The van der Waals surface area contributed by atoms with Gasteiger partial charge in [-0.3, -0.25) is 0 Å². The number of fused-ring (bicyclic) bond motifs is 1. The largest absolute Gasteiger partial charge is 0.455 e. The van der Waals surface area contributed by atoms with E-state index >= 15 is 0 Å². The number of nitrogens with zero attached hydrogens (tertiary/aromatic N) is 1. The third kappa shape index (κ3) is 1.79. The number of hydrogen-bond donors (Lipinski definition) is 1. The Morgan fingerprint density at radius 2 is 1.67 bits per heavy atom. The highest BCUT2D eigenvalue weighted by Crippen LogP contribution is 2.36. The minimum absolute atomic E-state index is 0.529. The molecule has 3 nitrogen and oxygen atoms in total. The Hall–Kier alpha value is -2.13. The van der Waals surface area contributed by atoms with Gasteiger partial charge in [0, 0.05) is 12.5 Å². The molecule has 90 valence electrons. The molecule has 3 heteroatoms. The number of rotatable bonds is 1. The summed E-state index contributed by atoms with van der Waals surface area (Å²) in [6, 6.07) is 17.0. The smallest absolute Gasteiger partial charge is 0.249 e. The molecular weight excluding hydrogens is 226 g/mol. The van der Waals surface area contributed by atoms with Gasteiger partial charge in [-0.1, -0.05) is 42.5 Å². The Labute approximate surface area is 105 Å². The zero-order chi connectivity index (χ0) is 12.6. The summed E-state index contributed by atoms with van der Waals surface area (Å²) in [6.07, 6.45) is 0. The number of benzene rings is 2. The Balaban J connectivity index is 2.16. The van der Waals surface area contributed by atoms with Gasteiger partial charge in [-0.2, -0.15) is 0 Å². The summed E-state index contributed by atoms with van der Waals surface area (Å²) in [5, 5.41) is 10.4. The molecule has 0 radical (unpaired) electrons. The third-order valence-electron chi connectivity index (χ3n) is 2.89. The van der Waals surface area contributed by atoms with Crippen molar-refractivity contribution in [3.63, 3.8) is 0 Å². The molecule has 1 N–H and O–H groups in total. The van der Waals surface area contributed by atoms with Crippen molar-refractivity contribution in [2.24, 2.45) is 4.99 Å². The first kappa shape index (κ1) is 11.0. The second-order valence-electron chi connectivity index (χ2n) is 4.38. The summed E-state index contributed by atoms with van der Waals surface area (Å²) in [4.78, 5) is 4.51. The van der Waals surface area contributed by atoms with Crippen molar-refractivity contribution >= 4 is 11.4 Å². The Morgan fingerprint density at radius 1 is 1.00 bits per heavy atom. The van der Waals surface area contributed by atoms with Gasteiger partial charge in [-0.05, 0) is 12.1 Å². The van der Waals surface area contributed by atoms with Crippen LogP contribution in [0.15, 0.2) is 59.6 Å². The fraction of sp³-hybridized carbons (Fsp3) is 0.133. The number of ether oxygens (including phenoxy) is 1. The maximum Gasteiger partial charge on any atom is 0.249 e. The van der Waals surface area contributed by atoms with Crippen LogP contribution in [-0.4, -0.2) is 16.6 Å². The van der Waals surface area contributed by atoms with Gasteiger partial charge in [-0.25, -0.2) is 4.99 Å². The zero-order valence-corrected chi connectivity index (χ0v) is 10.00. The van der Waals surface area contributed by atoms with Gasteiger partial charge in [0.05, 0.1) is 0 Å². The Morgan fingerprint density at radius 3 is 2.44 bits per heavy atom. The number of aliphatic imine (C=N–C) groups is 1. The Bertz CT molecular complexity index is 603. The van der Waals surface area contributed by atoms with Crippen molar-refractivity contribution in [3.8, 4) is 5.75 Å². The second-order valence-corrected chi connectivity index (χ2v) is 4.38. The summed E-state index contributed by atoms with van der Waals surface area (Å²) in [7, 11) is 0. The summed E-state index contributed by atoms with van der Waals surface area (Å²) in [6.45, 7) is 1.61. The number of para-hydroxylation sites is 2. The topological polar surface area (TPSA) is 41.8 Å². The summed E-state index contributed by atoms with van der Waals surface area (Å²) < 4.78 is 5.61. The molecule has 0 amide bonds. The van der Waals surface area contributed by atoms with Crippen LogP contribution in [0.5, 0.6) is 5.75 Å². The molecule has 1 heterocycles. The molecule has 0 aromatic heterocycles. The first-order chi connectivity index (χ1) is 8.67. The van der Waals surface area contributed by atoms with Gasteiger partial charge >= 0.3 is 0 Å². The average molecular weight is 239 g/mol. The minimum Gasteiger partial charge on any atom is -0.455 e. The van der Waals surface area contributed by atoms with Crippen LogP contribution < -0.4 is 4.74 Å². The highest BCUT2D eigenvalue weighted by molar-refractivity contribution is 6.08. The zero-order valence-electron chi connectivity index (χ0n) is 10.00. The molecule has 1 unspecified atom stereocenters. The van der Waals surface area contributed by atoms with Gasteiger partial charge in [0.1, 0.15) is 17.1 Å². The predicted octanol–water partition coefficient (Wildman–Crippen LogP) is 2.91. The maximum atomic E-state index is 10.4. The average Bonchev–Trinajstić information content (AvgIpc) is 2.38. The van der Waals surface area contributed by atoms with E-state index < -0.39 is 5.79 Å². The first-order valence-electron chi connectivity index (χ1n) is 5.82. The molecule has 1 aliphatic rings. The lowest BCUT2D eigenvalue weighted by molar-refractivity contribution is -0.0600. The molecule has 1 atom stereocenters. The fourth-order valence-corrected chi connectivity index (χ4v) is 2.05. The highest BCUT2D eigenvalue weighted by atomic mass is 16.6. The van der Waals surface area contributed by atoms with E-state index in [2.05, 4.69) is 4.99 Å². The molecule has 1 aliphatic heterocycles. The van der Waals surface area contributed by atoms with Crippen molar-refractivity contribution < 1.29 is 9.84 Å². The van der Waals surface area contributed by atoms with Crippen LogP contribution in [0.4, 0.5) is 5.69 Å². The molecule has 0 spiro atoms. The van der Waals surface area contributed by atoms with E-state index in [0.29, 0.717) is 11.5 Å². The quantitative estimate of drug-likeness (QED) is 0.831. The standard InChI is InChI=1S/C15H13NO2/c1-15(17)14(11-7-3-2-4-8-11)16-12-9-5-6-10-13(12)18-15/h2-10,17H,1H3. The lowest BCUT2D eigenvalue weighted by Gasteiger charge is -2.31. The molecule has 0 bridgehead atoms. The van der Waals surface area contributed by atoms with Crippen molar-refractivity contribution in [1.29, 1.82) is 0 Å². The van der Waals surface area contributed by atoms with E-state index in [9.17, 15) is 5.11 Å². The molecule has 0 saturated carbocycles. The van der Waals surface area contributed by atoms with Gasteiger partial charge in [0.2, 0.25) is 5.79 Å². The predicted molar refractivity (Wildman–Crippen MR) is 70.3 cm³/mol. The van der Waals surface area contributed by atoms with Crippen molar-refractivity contribution in [1.82, 2.24) is 0 Å².